The van der Waals surface area contributed by atoms with Crippen LogP contribution in [0, 0.1) is 0 Å². The minimum atomic E-state index is -0.492. The topological polar surface area (TPSA) is 69.4 Å². The van der Waals surface area contributed by atoms with Crippen LogP contribution in [0.3, 0.4) is 0 Å². The molecule has 0 radical (unpaired) electrons. The zero-order valence-electron chi connectivity index (χ0n) is 12.8. The summed E-state index contributed by atoms with van der Waals surface area (Å²) in [6.45, 7) is 0.201. The third kappa shape index (κ3) is 2.97. The van der Waals surface area contributed by atoms with Crippen molar-refractivity contribution in [1.82, 2.24) is 0 Å². The van der Waals surface area contributed by atoms with Gasteiger partial charge in [-0.15, -0.1) is 0 Å². The van der Waals surface area contributed by atoms with Crippen LogP contribution < -0.4 is 5.73 Å². The zero-order chi connectivity index (χ0) is 16.3. The fraction of sp³-hybridized carbons (Fsp3) is 0.263. The van der Waals surface area contributed by atoms with Crippen LogP contribution in [0.15, 0.2) is 54.6 Å². The number of ether oxygens (including phenoxy) is 1. The summed E-state index contributed by atoms with van der Waals surface area (Å²) in [7, 11) is 0. The van der Waals surface area contributed by atoms with Gasteiger partial charge in [-0.05, 0) is 36.1 Å². The first-order chi connectivity index (χ1) is 11.1. The number of benzene rings is 2. The van der Waals surface area contributed by atoms with Crippen molar-refractivity contribution in [3.05, 3.63) is 71.3 Å². The fourth-order valence-corrected chi connectivity index (χ4v) is 2.95. The number of esters is 1. The van der Waals surface area contributed by atoms with E-state index in [4.69, 9.17) is 10.5 Å². The summed E-state index contributed by atoms with van der Waals surface area (Å²) in [5.41, 5.74) is 7.03. The highest BCUT2D eigenvalue weighted by Gasteiger charge is 2.46. The van der Waals surface area contributed by atoms with Gasteiger partial charge in [-0.2, -0.15) is 0 Å². The lowest BCUT2D eigenvalue weighted by atomic mass is 9.64. The first-order valence-electron chi connectivity index (χ1n) is 7.73. The van der Waals surface area contributed by atoms with E-state index in [1.165, 1.54) is 0 Å². The zero-order valence-corrected chi connectivity index (χ0v) is 12.8. The summed E-state index contributed by atoms with van der Waals surface area (Å²) < 4.78 is 5.54. The van der Waals surface area contributed by atoms with Crippen LogP contribution in [-0.4, -0.2) is 11.9 Å². The standard InChI is InChI=1S/C19H19NO3/c20-17(21)15-9-7-14(8-10-15)13-23-18(22)19(11-4-12-19)16-5-2-1-3-6-16/h1-3,5-10H,4,11-13H2,(H2,20,21). The van der Waals surface area contributed by atoms with Gasteiger partial charge in [0.2, 0.25) is 5.91 Å². The maximum absolute atomic E-state index is 12.6. The van der Waals surface area contributed by atoms with Gasteiger partial charge in [-0.25, -0.2) is 0 Å². The maximum atomic E-state index is 12.6. The summed E-state index contributed by atoms with van der Waals surface area (Å²) in [5, 5.41) is 0. The number of carbonyl (C=O) groups excluding carboxylic acids is 2. The van der Waals surface area contributed by atoms with E-state index in [0.717, 1.165) is 30.4 Å². The molecule has 0 unspecified atom stereocenters. The largest absolute Gasteiger partial charge is 0.460 e. The van der Waals surface area contributed by atoms with Gasteiger partial charge in [0.1, 0.15) is 6.61 Å². The van der Waals surface area contributed by atoms with E-state index >= 15 is 0 Å². The highest BCUT2D eigenvalue weighted by molar-refractivity contribution is 5.92. The number of amides is 1. The van der Waals surface area contributed by atoms with Gasteiger partial charge in [0.25, 0.3) is 0 Å². The minimum absolute atomic E-state index is 0.172. The van der Waals surface area contributed by atoms with Gasteiger partial charge in [0, 0.05) is 5.56 Å². The van der Waals surface area contributed by atoms with Crippen molar-refractivity contribution in [2.24, 2.45) is 5.73 Å². The SMILES string of the molecule is NC(=O)c1ccc(COC(=O)C2(c3ccccc3)CCC2)cc1. The Morgan fingerprint density at radius 3 is 2.17 bits per heavy atom. The highest BCUT2D eigenvalue weighted by Crippen LogP contribution is 2.44. The molecule has 2 N–H and O–H groups in total. The van der Waals surface area contributed by atoms with Gasteiger partial charge in [0.05, 0.1) is 5.41 Å². The fourth-order valence-electron chi connectivity index (χ4n) is 2.95. The van der Waals surface area contributed by atoms with Crippen LogP contribution in [0.25, 0.3) is 0 Å². The number of hydrogen-bond donors (Lipinski definition) is 1. The molecule has 4 heteroatoms. The second-order valence-corrected chi connectivity index (χ2v) is 5.94. The Balaban J connectivity index is 1.68. The van der Waals surface area contributed by atoms with E-state index in [0.29, 0.717) is 5.56 Å². The summed E-state index contributed by atoms with van der Waals surface area (Å²) in [4.78, 5) is 23.6. The average molecular weight is 309 g/mol. The summed E-state index contributed by atoms with van der Waals surface area (Å²) >= 11 is 0. The Bertz CT molecular complexity index is 703. The molecule has 0 aliphatic heterocycles. The van der Waals surface area contributed by atoms with Crippen LogP contribution in [0.2, 0.25) is 0 Å². The lowest BCUT2D eigenvalue weighted by Gasteiger charge is -2.39. The van der Waals surface area contributed by atoms with E-state index in [-0.39, 0.29) is 12.6 Å². The Morgan fingerprint density at radius 2 is 1.65 bits per heavy atom. The normalized spacial score (nSPS) is 15.5. The van der Waals surface area contributed by atoms with E-state index in [9.17, 15) is 9.59 Å². The van der Waals surface area contributed by atoms with Crippen LogP contribution in [0.5, 0.6) is 0 Å². The lowest BCUT2D eigenvalue weighted by molar-refractivity contribution is -0.155. The second-order valence-electron chi connectivity index (χ2n) is 5.94. The number of primary amides is 1. The molecular formula is C19H19NO3. The van der Waals surface area contributed by atoms with E-state index in [1.54, 1.807) is 24.3 Å². The van der Waals surface area contributed by atoms with Crippen molar-refractivity contribution < 1.29 is 14.3 Å². The van der Waals surface area contributed by atoms with Gasteiger partial charge in [-0.1, -0.05) is 48.9 Å². The van der Waals surface area contributed by atoms with Crippen molar-refractivity contribution >= 4 is 11.9 Å². The van der Waals surface area contributed by atoms with Crippen molar-refractivity contribution in [2.75, 3.05) is 0 Å². The van der Waals surface area contributed by atoms with Crippen molar-refractivity contribution in [1.29, 1.82) is 0 Å². The highest BCUT2D eigenvalue weighted by atomic mass is 16.5. The molecule has 1 aliphatic carbocycles. The molecule has 1 amide bonds. The van der Waals surface area contributed by atoms with Gasteiger partial charge in [-0.3, -0.25) is 9.59 Å². The quantitative estimate of drug-likeness (QED) is 0.863. The molecule has 0 spiro atoms. The maximum Gasteiger partial charge on any atom is 0.316 e. The third-order valence-corrected chi connectivity index (χ3v) is 4.53. The van der Waals surface area contributed by atoms with E-state index in [2.05, 4.69) is 0 Å². The molecule has 0 heterocycles. The van der Waals surface area contributed by atoms with E-state index in [1.807, 2.05) is 30.3 Å². The van der Waals surface area contributed by atoms with Crippen molar-refractivity contribution in [2.45, 2.75) is 31.3 Å². The second kappa shape index (κ2) is 6.24. The first-order valence-corrected chi connectivity index (χ1v) is 7.73. The Kier molecular flexibility index (Phi) is 4.15. The van der Waals surface area contributed by atoms with Crippen LogP contribution in [0.4, 0.5) is 0 Å². The molecule has 1 fully saturated rings. The predicted molar refractivity (Wildman–Crippen MR) is 86.7 cm³/mol. The lowest BCUT2D eigenvalue weighted by Crippen LogP contribution is -2.43. The summed E-state index contributed by atoms with van der Waals surface area (Å²) in [6, 6.07) is 16.6. The Labute approximate surface area is 135 Å². The molecule has 0 saturated heterocycles. The molecule has 3 rings (SSSR count). The van der Waals surface area contributed by atoms with Gasteiger partial charge in [0.15, 0.2) is 0 Å². The Hall–Kier alpha value is -2.62. The number of hydrogen-bond acceptors (Lipinski definition) is 3. The van der Waals surface area contributed by atoms with Crippen LogP contribution in [-0.2, 0) is 21.6 Å². The molecule has 23 heavy (non-hydrogen) atoms. The number of nitrogens with two attached hydrogens (primary N) is 1. The molecule has 1 aliphatic rings. The van der Waals surface area contributed by atoms with Gasteiger partial charge < -0.3 is 10.5 Å². The average Bonchev–Trinajstić information content (AvgIpc) is 2.53. The smallest absolute Gasteiger partial charge is 0.316 e. The first kappa shape index (κ1) is 15.3. The predicted octanol–water partition coefficient (Wildman–Crippen LogP) is 2.95. The molecule has 0 bridgehead atoms. The summed E-state index contributed by atoms with van der Waals surface area (Å²) in [5.74, 6) is -0.639. The summed E-state index contributed by atoms with van der Waals surface area (Å²) in [6.07, 6.45) is 2.70. The third-order valence-electron chi connectivity index (χ3n) is 4.53. The van der Waals surface area contributed by atoms with Gasteiger partial charge >= 0.3 is 5.97 Å². The molecule has 2 aromatic rings. The number of rotatable bonds is 5. The van der Waals surface area contributed by atoms with Crippen LogP contribution >= 0.6 is 0 Å². The molecule has 2 aromatic carbocycles. The monoisotopic (exact) mass is 309 g/mol. The van der Waals surface area contributed by atoms with E-state index < -0.39 is 11.3 Å². The number of carbonyl (C=O) groups is 2. The van der Waals surface area contributed by atoms with Crippen LogP contribution in [0.1, 0.15) is 40.7 Å². The molecule has 0 aromatic heterocycles. The molecular weight excluding hydrogens is 290 g/mol. The molecule has 118 valence electrons. The molecule has 1 saturated carbocycles. The van der Waals surface area contributed by atoms with Crippen molar-refractivity contribution in [3.8, 4) is 0 Å². The molecule has 4 nitrogen and oxygen atoms in total. The Morgan fingerprint density at radius 1 is 1.00 bits per heavy atom. The molecule has 0 atom stereocenters. The minimum Gasteiger partial charge on any atom is -0.460 e. The van der Waals surface area contributed by atoms with Crippen molar-refractivity contribution in [3.63, 3.8) is 0 Å².